The van der Waals surface area contributed by atoms with E-state index in [1.54, 1.807) is 12.4 Å². The predicted octanol–water partition coefficient (Wildman–Crippen LogP) is 1.98. The molecule has 2 heterocycles. The molecule has 0 aliphatic carbocycles. The molecule has 1 N–H and O–H groups in total. The number of nitrogens with one attached hydrogen (secondary N) is 1. The molecule has 0 fully saturated rings. The van der Waals surface area contributed by atoms with E-state index in [9.17, 15) is 4.79 Å². The maximum Gasteiger partial charge on any atom is 0.246 e. The summed E-state index contributed by atoms with van der Waals surface area (Å²) in [5.41, 5.74) is 3.57. The van der Waals surface area contributed by atoms with Gasteiger partial charge in [-0.25, -0.2) is 4.98 Å². The number of rotatable bonds is 5. The Kier molecular flexibility index (Phi) is 4.42. The number of hydrogen-bond donors (Lipinski definition) is 1. The number of hydrogen-bond acceptors (Lipinski definition) is 6. The number of aryl methyl sites for hydroxylation is 1. The van der Waals surface area contributed by atoms with Gasteiger partial charge in [0.25, 0.3) is 0 Å². The Hall–Kier alpha value is -2.61. The third-order valence-electron chi connectivity index (χ3n) is 3.45. The molecule has 23 heavy (non-hydrogen) atoms. The molecule has 1 aromatic carbocycles. The van der Waals surface area contributed by atoms with Crippen LogP contribution < -0.4 is 5.32 Å². The average Bonchev–Trinajstić information content (AvgIpc) is 3.22. The van der Waals surface area contributed by atoms with Crippen LogP contribution >= 0.6 is 11.3 Å². The fourth-order valence-corrected chi connectivity index (χ4v) is 2.72. The summed E-state index contributed by atoms with van der Waals surface area (Å²) in [5, 5.41) is 15.2. The molecule has 0 spiro atoms. The van der Waals surface area contributed by atoms with Crippen molar-refractivity contribution < 1.29 is 4.79 Å². The topological polar surface area (TPSA) is 85.6 Å². The van der Waals surface area contributed by atoms with Crippen LogP contribution in [-0.4, -0.2) is 31.1 Å². The summed E-state index contributed by atoms with van der Waals surface area (Å²) in [6.07, 6.45) is 0. The van der Waals surface area contributed by atoms with Crippen LogP contribution in [0.5, 0.6) is 0 Å². The Morgan fingerprint density at radius 1 is 1.35 bits per heavy atom. The lowest BCUT2D eigenvalue weighted by atomic mass is 10.2. The zero-order valence-electron chi connectivity index (χ0n) is 12.8. The first-order chi connectivity index (χ1) is 11.1. The maximum atomic E-state index is 12.2. The largest absolute Gasteiger partial charge is 0.349 e. The molecule has 0 saturated heterocycles. The second kappa shape index (κ2) is 6.66. The summed E-state index contributed by atoms with van der Waals surface area (Å²) in [6, 6.07) is 9.00. The van der Waals surface area contributed by atoms with Crippen molar-refractivity contribution in [3.8, 4) is 11.4 Å². The van der Waals surface area contributed by atoms with Crippen molar-refractivity contribution in [1.29, 1.82) is 0 Å². The first-order valence-electron chi connectivity index (χ1n) is 7.16. The number of tetrazole rings is 1. The molecule has 0 saturated carbocycles. The van der Waals surface area contributed by atoms with E-state index in [1.165, 1.54) is 16.1 Å². The molecule has 0 aliphatic heterocycles. The van der Waals surface area contributed by atoms with E-state index in [0.717, 1.165) is 16.1 Å². The Bertz CT molecular complexity index is 797. The SMILES string of the molecule is Cc1ncsc1CNC(=O)C(C)n1nnc(-c2ccccc2)n1. The van der Waals surface area contributed by atoms with Crippen molar-refractivity contribution in [2.75, 3.05) is 0 Å². The van der Waals surface area contributed by atoms with Gasteiger partial charge in [0.05, 0.1) is 17.7 Å². The standard InChI is InChI=1S/C15H16N6OS/c1-10-13(23-9-17-10)8-16-15(22)11(2)21-19-14(18-20-21)12-6-4-3-5-7-12/h3-7,9,11H,8H2,1-2H3,(H,16,22). The van der Waals surface area contributed by atoms with Gasteiger partial charge in [-0.3, -0.25) is 4.79 Å². The van der Waals surface area contributed by atoms with Crippen LogP contribution in [0.4, 0.5) is 0 Å². The normalized spacial score (nSPS) is 12.1. The molecular weight excluding hydrogens is 312 g/mol. The van der Waals surface area contributed by atoms with Crippen molar-refractivity contribution in [2.45, 2.75) is 26.4 Å². The smallest absolute Gasteiger partial charge is 0.246 e. The number of aromatic nitrogens is 5. The third-order valence-corrected chi connectivity index (χ3v) is 4.39. The van der Waals surface area contributed by atoms with E-state index in [4.69, 9.17) is 0 Å². The number of benzene rings is 1. The van der Waals surface area contributed by atoms with E-state index >= 15 is 0 Å². The van der Waals surface area contributed by atoms with Crippen LogP contribution in [0.3, 0.4) is 0 Å². The second-order valence-electron chi connectivity index (χ2n) is 5.05. The summed E-state index contributed by atoms with van der Waals surface area (Å²) < 4.78 is 0. The first kappa shape index (κ1) is 15.3. The minimum atomic E-state index is -0.534. The highest BCUT2D eigenvalue weighted by Gasteiger charge is 2.18. The summed E-state index contributed by atoms with van der Waals surface area (Å²) >= 11 is 1.52. The van der Waals surface area contributed by atoms with Crippen molar-refractivity contribution in [2.24, 2.45) is 0 Å². The van der Waals surface area contributed by atoms with Gasteiger partial charge in [0.2, 0.25) is 11.7 Å². The molecule has 8 heteroatoms. The average molecular weight is 328 g/mol. The number of carbonyl (C=O) groups excluding carboxylic acids is 1. The lowest BCUT2D eigenvalue weighted by Crippen LogP contribution is -2.31. The first-order valence-corrected chi connectivity index (χ1v) is 8.04. The van der Waals surface area contributed by atoms with Gasteiger partial charge in [-0.05, 0) is 19.1 Å². The highest BCUT2D eigenvalue weighted by atomic mass is 32.1. The molecule has 118 valence electrons. The molecule has 3 rings (SSSR count). The Morgan fingerprint density at radius 3 is 2.83 bits per heavy atom. The van der Waals surface area contributed by atoms with Crippen LogP contribution in [0.1, 0.15) is 23.5 Å². The van der Waals surface area contributed by atoms with Gasteiger partial charge in [0.15, 0.2) is 0 Å². The van der Waals surface area contributed by atoms with Gasteiger partial charge in [0, 0.05) is 10.4 Å². The zero-order chi connectivity index (χ0) is 16.2. The van der Waals surface area contributed by atoms with Gasteiger partial charge in [-0.1, -0.05) is 30.3 Å². The fraction of sp³-hybridized carbons (Fsp3) is 0.267. The summed E-state index contributed by atoms with van der Waals surface area (Å²) in [5.74, 6) is 0.346. The number of nitrogens with zero attached hydrogens (tertiary/aromatic N) is 5. The molecule has 0 aliphatic rings. The Morgan fingerprint density at radius 2 is 2.13 bits per heavy atom. The highest BCUT2D eigenvalue weighted by molar-refractivity contribution is 7.09. The predicted molar refractivity (Wildman–Crippen MR) is 86.7 cm³/mol. The molecule has 3 aromatic rings. The van der Waals surface area contributed by atoms with E-state index in [2.05, 4.69) is 25.7 Å². The summed E-state index contributed by atoms with van der Waals surface area (Å²) in [6.45, 7) is 4.12. The molecule has 0 radical (unpaired) electrons. The molecule has 1 atom stereocenters. The van der Waals surface area contributed by atoms with Crippen LogP contribution in [0, 0.1) is 6.92 Å². The molecule has 1 amide bonds. The Labute approximate surface area is 137 Å². The molecule has 7 nitrogen and oxygen atoms in total. The lowest BCUT2D eigenvalue weighted by molar-refractivity contribution is -0.124. The quantitative estimate of drug-likeness (QED) is 0.774. The van der Waals surface area contributed by atoms with Gasteiger partial charge in [-0.15, -0.1) is 21.5 Å². The van der Waals surface area contributed by atoms with Crippen molar-refractivity contribution in [3.63, 3.8) is 0 Å². The van der Waals surface area contributed by atoms with E-state index < -0.39 is 6.04 Å². The van der Waals surface area contributed by atoms with Gasteiger partial charge >= 0.3 is 0 Å². The maximum absolute atomic E-state index is 12.2. The molecular formula is C15H16N6OS. The third kappa shape index (κ3) is 3.42. The Balaban J connectivity index is 1.66. The van der Waals surface area contributed by atoms with Crippen LogP contribution in [-0.2, 0) is 11.3 Å². The second-order valence-corrected chi connectivity index (χ2v) is 5.99. The fourth-order valence-electron chi connectivity index (χ4n) is 2.01. The lowest BCUT2D eigenvalue weighted by Gasteiger charge is -2.10. The van der Waals surface area contributed by atoms with Crippen molar-refractivity contribution in [1.82, 2.24) is 30.5 Å². The summed E-state index contributed by atoms with van der Waals surface area (Å²) in [7, 11) is 0. The number of thiazole rings is 1. The van der Waals surface area contributed by atoms with Gasteiger partial charge < -0.3 is 5.32 Å². The number of carbonyl (C=O) groups is 1. The highest BCUT2D eigenvalue weighted by Crippen LogP contribution is 2.14. The van der Waals surface area contributed by atoms with Crippen molar-refractivity contribution in [3.05, 3.63) is 46.4 Å². The minimum absolute atomic E-state index is 0.158. The van der Waals surface area contributed by atoms with E-state index in [0.29, 0.717) is 12.4 Å². The minimum Gasteiger partial charge on any atom is -0.349 e. The molecule has 1 unspecified atom stereocenters. The zero-order valence-corrected chi connectivity index (χ0v) is 13.6. The van der Waals surface area contributed by atoms with E-state index in [1.807, 2.05) is 37.3 Å². The van der Waals surface area contributed by atoms with Crippen LogP contribution in [0.15, 0.2) is 35.8 Å². The van der Waals surface area contributed by atoms with Crippen molar-refractivity contribution >= 4 is 17.2 Å². The molecule has 2 aromatic heterocycles. The van der Waals surface area contributed by atoms with E-state index in [-0.39, 0.29) is 5.91 Å². The molecule has 0 bridgehead atoms. The van der Waals surface area contributed by atoms with Gasteiger partial charge in [-0.2, -0.15) is 4.80 Å². The van der Waals surface area contributed by atoms with Crippen LogP contribution in [0.25, 0.3) is 11.4 Å². The van der Waals surface area contributed by atoms with Crippen LogP contribution in [0.2, 0.25) is 0 Å². The van der Waals surface area contributed by atoms with Gasteiger partial charge in [0.1, 0.15) is 6.04 Å². The monoisotopic (exact) mass is 328 g/mol. The number of amides is 1. The summed E-state index contributed by atoms with van der Waals surface area (Å²) in [4.78, 5) is 18.8.